The van der Waals surface area contributed by atoms with Crippen LogP contribution in [-0.2, 0) is 14.8 Å². The zero-order valence-corrected chi connectivity index (χ0v) is 6.17. The van der Waals surface area contributed by atoms with Gasteiger partial charge in [0.2, 0.25) is 0 Å². The quantitative estimate of drug-likeness (QED) is 0.647. The van der Waals surface area contributed by atoms with Crippen molar-refractivity contribution in [1.29, 1.82) is 0 Å². The minimum atomic E-state index is -5.75. The van der Waals surface area contributed by atoms with Crippen LogP contribution >= 0.6 is 0 Å². The van der Waals surface area contributed by atoms with Crippen LogP contribution in [0.4, 0.5) is 17.6 Å². The largest absolute Gasteiger partial charge is 0.516 e. The highest BCUT2D eigenvalue weighted by Gasteiger charge is 2.46. The molecule has 0 aliphatic rings. The number of carbonyl (C=O) groups excluding carboxylic acids is 1. The fourth-order valence-electron chi connectivity index (χ4n) is 0.235. The summed E-state index contributed by atoms with van der Waals surface area (Å²) < 4.78 is 66.0. The lowest BCUT2D eigenvalue weighted by Gasteiger charge is -2.06. The van der Waals surface area contributed by atoms with Crippen molar-refractivity contribution >= 4 is 15.9 Å². The van der Waals surface area contributed by atoms with E-state index in [0.717, 1.165) is 0 Å². The van der Waals surface area contributed by atoms with E-state index in [4.69, 9.17) is 0 Å². The fraction of sp³-hybridized carbons (Fsp3) is 0.667. The average Bonchev–Trinajstić information content (AvgIpc) is 1.84. The molecule has 0 saturated carbocycles. The molecule has 1 N–H and O–H groups in total. The number of halogens is 4. The van der Waals surface area contributed by atoms with Crippen molar-refractivity contribution in [2.75, 3.05) is 6.67 Å². The molecule has 1 amide bonds. The molecule has 0 rings (SSSR count). The number of amides is 1. The Bertz CT molecular complexity index is 268. The number of carbonyl (C=O) groups is 1. The van der Waals surface area contributed by atoms with Crippen LogP contribution < -0.4 is 4.72 Å². The van der Waals surface area contributed by atoms with Crippen LogP contribution in [0, 0.1) is 0 Å². The molecule has 9 heteroatoms. The van der Waals surface area contributed by atoms with Gasteiger partial charge in [0, 0.05) is 0 Å². The van der Waals surface area contributed by atoms with Crippen LogP contribution in [-0.4, -0.2) is 26.5 Å². The predicted octanol–water partition coefficient (Wildman–Crippen LogP) is -0.0783. The van der Waals surface area contributed by atoms with Crippen LogP contribution in [0.3, 0.4) is 0 Å². The SMILES string of the molecule is O=C(CF)NS(=O)(=O)C(F)(F)F. The van der Waals surface area contributed by atoms with Crippen LogP contribution in [0.25, 0.3) is 0 Å². The second-order valence-corrected chi connectivity index (χ2v) is 3.28. The number of sulfonamides is 1. The standard InChI is InChI=1S/C3H3F4NO3S/c4-1-2(9)8-12(10,11)3(5,6)7/h1H2,(H,8,9). The molecule has 0 unspecified atom stereocenters. The Labute approximate surface area is 64.6 Å². The van der Waals surface area contributed by atoms with E-state index in [1.807, 2.05) is 0 Å². The smallest absolute Gasteiger partial charge is 0.271 e. The second kappa shape index (κ2) is 3.25. The topological polar surface area (TPSA) is 63.2 Å². The fourth-order valence-corrected chi connectivity index (χ4v) is 0.705. The molecule has 0 radical (unpaired) electrons. The van der Waals surface area contributed by atoms with Crippen molar-refractivity contribution in [3.63, 3.8) is 0 Å². The summed E-state index contributed by atoms with van der Waals surface area (Å²) in [6.45, 7) is -1.82. The van der Waals surface area contributed by atoms with Crippen molar-refractivity contribution in [2.24, 2.45) is 0 Å². The van der Waals surface area contributed by atoms with E-state index in [2.05, 4.69) is 0 Å². The molecule has 0 aromatic rings. The molecule has 4 nitrogen and oxygen atoms in total. The number of nitrogens with one attached hydrogen (secondary N) is 1. The summed E-state index contributed by atoms with van der Waals surface area (Å²) in [5.74, 6) is -1.85. The molecular weight excluding hydrogens is 206 g/mol. The van der Waals surface area contributed by atoms with Gasteiger partial charge in [0.25, 0.3) is 5.91 Å². The molecule has 0 aromatic carbocycles. The second-order valence-electron chi connectivity index (χ2n) is 1.61. The molecular formula is C3H3F4NO3S. The summed E-state index contributed by atoms with van der Waals surface area (Å²) in [6, 6.07) is 0. The summed E-state index contributed by atoms with van der Waals surface area (Å²) in [6.07, 6.45) is 0. The lowest BCUT2D eigenvalue weighted by Crippen LogP contribution is -2.40. The monoisotopic (exact) mass is 209 g/mol. The maximum atomic E-state index is 11.4. The van der Waals surface area contributed by atoms with E-state index in [0.29, 0.717) is 4.72 Å². The van der Waals surface area contributed by atoms with Gasteiger partial charge < -0.3 is 0 Å². The van der Waals surface area contributed by atoms with Crippen molar-refractivity contribution in [3.05, 3.63) is 0 Å². The normalized spacial score (nSPS) is 12.7. The van der Waals surface area contributed by atoms with Crippen LogP contribution in [0.15, 0.2) is 0 Å². The highest BCUT2D eigenvalue weighted by atomic mass is 32.2. The van der Waals surface area contributed by atoms with Crippen LogP contribution in [0.2, 0.25) is 0 Å². The third-order valence-electron chi connectivity index (χ3n) is 0.674. The van der Waals surface area contributed by atoms with Crippen LogP contribution in [0.5, 0.6) is 0 Å². The number of rotatable bonds is 2. The summed E-state index contributed by atoms with van der Waals surface area (Å²) >= 11 is 0. The van der Waals surface area contributed by atoms with E-state index >= 15 is 0 Å². The van der Waals surface area contributed by atoms with E-state index < -0.39 is 28.1 Å². The van der Waals surface area contributed by atoms with E-state index in [1.54, 1.807) is 0 Å². The predicted molar refractivity (Wildman–Crippen MR) is 29.1 cm³/mol. The van der Waals surface area contributed by atoms with Gasteiger partial charge in [0.1, 0.15) is 0 Å². The van der Waals surface area contributed by atoms with Gasteiger partial charge >= 0.3 is 15.5 Å². The van der Waals surface area contributed by atoms with Gasteiger partial charge in [-0.15, -0.1) is 0 Å². The van der Waals surface area contributed by atoms with Gasteiger partial charge in [0.15, 0.2) is 6.67 Å². The zero-order valence-electron chi connectivity index (χ0n) is 5.35. The van der Waals surface area contributed by atoms with Crippen LogP contribution in [0.1, 0.15) is 0 Å². The van der Waals surface area contributed by atoms with Crippen molar-refractivity contribution in [1.82, 2.24) is 4.72 Å². The summed E-state index contributed by atoms with van der Waals surface area (Å²) in [7, 11) is -5.75. The first-order valence-corrected chi connectivity index (χ1v) is 3.87. The third-order valence-corrected chi connectivity index (χ3v) is 1.78. The maximum Gasteiger partial charge on any atom is 0.516 e. The lowest BCUT2D eigenvalue weighted by atomic mass is 10.7. The Morgan fingerprint density at radius 1 is 1.33 bits per heavy atom. The minimum Gasteiger partial charge on any atom is -0.271 e. The Kier molecular flexibility index (Phi) is 3.02. The zero-order chi connectivity index (χ0) is 9.99. The first-order chi connectivity index (χ1) is 5.20. The van der Waals surface area contributed by atoms with Gasteiger partial charge in [0.05, 0.1) is 0 Å². The number of hydrogen-bond donors (Lipinski definition) is 1. The molecule has 12 heavy (non-hydrogen) atoms. The molecule has 0 aliphatic carbocycles. The van der Waals surface area contributed by atoms with Crippen molar-refractivity contribution < 1.29 is 30.8 Å². The summed E-state index contributed by atoms with van der Waals surface area (Å²) in [4.78, 5) is 9.91. The third kappa shape index (κ3) is 2.64. The van der Waals surface area contributed by atoms with Gasteiger partial charge in [-0.3, -0.25) is 4.79 Å². The van der Waals surface area contributed by atoms with E-state index in [-0.39, 0.29) is 0 Å². The molecule has 0 atom stereocenters. The molecule has 0 fully saturated rings. The average molecular weight is 209 g/mol. The van der Waals surface area contributed by atoms with Gasteiger partial charge in [-0.05, 0) is 0 Å². The van der Waals surface area contributed by atoms with E-state index in [1.165, 1.54) is 0 Å². The van der Waals surface area contributed by atoms with Crippen molar-refractivity contribution in [3.8, 4) is 0 Å². The highest BCUT2D eigenvalue weighted by Crippen LogP contribution is 2.21. The Morgan fingerprint density at radius 2 is 1.75 bits per heavy atom. The van der Waals surface area contributed by atoms with Gasteiger partial charge in [-0.1, -0.05) is 0 Å². The molecule has 0 spiro atoms. The lowest BCUT2D eigenvalue weighted by molar-refractivity contribution is -0.120. The molecule has 0 heterocycles. The Morgan fingerprint density at radius 3 is 2.00 bits per heavy atom. The first-order valence-electron chi connectivity index (χ1n) is 2.38. The molecule has 72 valence electrons. The van der Waals surface area contributed by atoms with E-state index in [9.17, 15) is 30.8 Å². The minimum absolute atomic E-state index is 0.479. The molecule has 0 aromatic heterocycles. The molecule has 0 bridgehead atoms. The Hall–Kier alpha value is -0.860. The summed E-state index contributed by atoms with van der Waals surface area (Å²) in [5.41, 5.74) is -5.60. The van der Waals surface area contributed by atoms with Crippen molar-refractivity contribution in [2.45, 2.75) is 5.51 Å². The summed E-state index contributed by atoms with van der Waals surface area (Å²) in [5, 5.41) is 0. The molecule has 0 aliphatic heterocycles. The van der Waals surface area contributed by atoms with Gasteiger partial charge in [-0.2, -0.15) is 21.6 Å². The number of alkyl halides is 4. The Balaban J connectivity index is 4.58. The highest BCUT2D eigenvalue weighted by molar-refractivity contribution is 7.90. The maximum absolute atomic E-state index is 11.4. The number of hydrogen-bond acceptors (Lipinski definition) is 3. The molecule has 0 saturated heterocycles. The first kappa shape index (κ1) is 11.1. The van der Waals surface area contributed by atoms with Gasteiger partial charge in [-0.25, -0.2) is 9.11 Å².